The summed E-state index contributed by atoms with van der Waals surface area (Å²) in [7, 11) is 1.41. The maximum Gasteiger partial charge on any atom is 0.311 e. The Labute approximate surface area is 186 Å². The number of pyridine rings is 2. The van der Waals surface area contributed by atoms with Crippen LogP contribution in [0.3, 0.4) is 0 Å². The van der Waals surface area contributed by atoms with Crippen LogP contribution in [-0.2, 0) is 19.6 Å². The van der Waals surface area contributed by atoms with Crippen LogP contribution < -0.4 is 15.8 Å². The van der Waals surface area contributed by atoms with Gasteiger partial charge in [-0.05, 0) is 35.9 Å². The number of nitro groups is 1. The zero-order valence-electron chi connectivity index (χ0n) is 17.8. The van der Waals surface area contributed by atoms with Crippen molar-refractivity contribution < 1.29 is 9.66 Å². The van der Waals surface area contributed by atoms with Gasteiger partial charge in [-0.25, -0.2) is 0 Å². The molecule has 166 valence electrons. The summed E-state index contributed by atoms with van der Waals surface area (Å²) in [6, 6.07) is 16.5. The zero-order valence-corrected chi connectivity index (χ0v) is 17.8. The van der Waals surface area contributed by atoms with E-state index < -0.39 is 4.92 Å². The number of methoxy groups -OCH3 is 1. The number of aromatic nitrogens is 2. The van der Waals surface area contributed by atoms with Crippen LogP contribution in [0.25, 0.3) is 0 Å². The van der Waals surface area contributed by atoms with Crippen molar-refractivity contribution in [1.82, 2.24) is 20.2 Å². The monoisotopic (exact) mass is 434 g/mol. The number of benzene rings is 1. The Morgan fingerprint density at radius 2 is 1.78 bits per heavy atom. The van der Waals surface area contributed by atoms with Crippen molar-refractivity contribution in [3.63, 3.8) is 0 Å². The summed E-state index contributed by atoms with van der Waals surface area (Å²) in [5.41, 5.74) is 9.44. The molecule has 32 heavy (non-hydrogen) atoms. The quantitative estimate of drug-likeness (QED) is 0.349. The fourth-order valence-corrected chi connectivity index (χ4v) is 3.20. The predicted octanol–water partition coefficient (Wildman–Crippen LogP) is 2.99. The number of ether oxygens (including phenoxy) is 1. The van der Waals surface area contributed by atoms with Crippen LogP contribution in [0.2, 0.25) is 0 Å². The Hall–Kier alpha value is -3.98. The molecule has 0 aliphatic heterocycles. The molecule has 3 aromatic rings. The van der Waals surface area contributed by atoms with Crippen LogP contribution in [0.15, 0.2) is 78.9 Å². The minimum atomic E-state index is -0.459. The molecule has 0 amide bonds. The average molecular weight is 435 g/mol. The molecule has 2 heterocycles. The van der Waals surface area contributed by atoms with Crippen molar-refractivity contribution in [3.05, 3.63) is 106 Å². The van der Waals surface area contributed by atoms with Gasteiger partial charge < -0.3 is 15.8 Å². The van der Waals surface area contributed by atoms with E-state index >= 15 is 0 Å². The van der Waals surface area contributed by atoms with Crippen LogP contribution in [0.5, 0.6) is 5.75 Å². The maximum absolute atomic E-state index is 11.2. The highest BCUT2D eigenvalue weighted by Gasteiger charge is 2.15. The standard InChI is InChI=1S/C23H26N6O3/c1-32-23-9-8-18(12-22(23)29(30)31)13-25-14-19(24)15-28(16-20-6-2-4-10-26-20)17-21-7-3-5-11-27-21/h2-12,14,25H,13,15-17,24H2,1H3/b19-14-. The molecular formula is C23H26N6O3. The molecule has 9 nitrogen and oxygen atoms in total. The molecule has 0 saturated carbocycles. The Kier molecular flexibility index (Phi) is 8.10. The Morgan fingerprint density at radius 1 is 1.12 bits per heavy atom. The summed E-state index contributed by atoms with van der Waals surface area (Å²) in [6.45, 7) is 2.14. The second-order valence-electron chi connectivity index (χ2n) is 7.15. The molecule has 2 aromatic heterocycles. The highest BCUT2D eigenvalue weighted by atomic mass is 16.6. The summed E-state index contributed by atoms with van der Waals surface area (Å²) in [6.07, 6.45) is 5.26. The van der Waals surface area contributed by atoms with Gasteiger partial charge in [-0.1, -0.05) is 18.2 Å². The smallest absolute Gasteiger partial charge is 0.311 e. The largest absolute Gasteiger partial charge is 0.490 e. The van der Waals surface area contributed by atoms with Crippen LogP contribution in [0.1, 0.15) is 17.0 Å². The van der Waals surface area contributed by atoms with Crippen molar-refractivity contribution in [3.8, 4) is 5.75 Å². The molecule has 0 aliphatic carbocycles. The van der Waals surface area contributed by atoms with Gasteiger partial charge in [0.05, 0.1) is 23.4 Å². The molecule has 3 N–H and O–H groups in total. The first-order chi connectivity index (χ1) is 15.5. The van der Waals surface area contributed by atoms with Crippen LogP contribution >= 0.6 is 0 Å². The number of nitrogens with two attached hydrogens (primary N) is 1. The fourth-order valence-electron chi connectivity index (χ4n) is 3.20. The van der Waals surface area contributed by atoms with Crippen molar-refractivity contribution in [2.45, 2.75) is 19.6 Å². The third-order valence-electron chi connectivity index (χ3n) is 4.66. The normalized spacial score (nSPS) is 11.4. The topological polar surface area (TPSA) is 119 Å². The number of hydrogen-bond donors (Lipinski definition) is 2. The minimum Gasteiger partial charge on any atom is -0.490 e. The highest BCUT2D eigenvalue weighted by Crippen LogP contribution is 2.27. The first-order valence-corrected chi connectivity index (χ1v) is 10.1. The summed E-state index contributed by atoms with van der Waals surface area (Å²) in [5, 5.41) is 14.3. The van der Waals surface area contributed by atoms with Crippen LogP contribution in [0.4, 0.5) is 5.69 Å². The lowest BCUT2D eigenvalue weighted by atomic mass is 10.2. The lowest BCUT2D eigenvalue weighted by molar-refractivity contribution is -0.385. The molecule has 0 bridgehead atoms. The highest BCUT2D eigenvalue weighted by molar-refractivity contribution is 5.48. The van der Waals surface area contributed by atoms with Gasteiger partial charge in [-0.2, -0.15) is 0 Å². The van der Waals surface area contributed by atoms with Gasteiger partial charge in [0, 0.05) is 56.5 Å². The Morgan fingerprint density at radius 3 is 2.31 bits per heavy atom. The molecule has 0 fully saturated rings. The number of nitrogens with one attached hydrogen (secondary N) is 1. The summed E-state index contributed by atoms with van der Waals surface area (Å²) < 4.78 is 5.04. The molecule has 0 atom stereocenters. The molecule has 9 heteroatoms. The van der Waals surface area contributed by atoms with Gasteiger partial charge in [0.1, 0.15) is 0 Å². The third-order valence-corrected chi connectivity index (χ3v) is 4.66. The SMILES string of the molecule is COc1ccc(CN/C=C(\N)CN(Cc2ccccn2)Cc2ccccn2)cc1[N+](=O)[O-]. The first kappa shape index (κ1) is 22.7. The van der Waals surface area contributed by atoms with Gasteiger partial charge in [0.2, 0.25) is 0 Å². The first-order valence-electron chi connectivity index (χ1n) is 10.1. The van der Waals surface area contributed by atoms with Gasteiger partial charge in [-0.3, -0.25) is 25.0 Å². The van der Waals surface area contributed by atoms with E-state index in [9.17, 15) is 10.1 Å². The van der Waals surface area contributed by atoms with E-state index in [2.05, 4.69) is 20.2 Å². The lowest BCUT2D eigenvalue weighted by Gasteiger charge is -2.22. The number of rotatable bonds is 11. The molecule has 0 aliphatic rings. The van der Waals surface area contributed by atoms with Crippen molar-refractivity contribution >= 4 is 5.69 Å². The van der Waals surface area contributed by atoms with Crippen molar-refractivity contribution in [1.29, 1.82) is 0 Å². The molecule has 0 spiro atoms. The minimum absolute atomic E-state index is 0.0688. The van der Waals surface area contributed by atoms with Gasteiger partial charge in [0.15, 0.2) is 5.75 Å². The van der Waals surface area contributed by atoms with Gasteiger partial charge in [0.25, 0.3) is 0 Å². The molecule has 0 radical (unpaired) electrons. The van der Waals surface area contributed by atoms with E-state index in [4.69, 9.17) is 10.5 Å². The molecule has 0 unspecified atom stereocenters. The van der Waals surface area contributed by atoms with E-state index in [-0.39, 0.29) is 11.4 Å². The lowest BCUT2D eigenvalue weighted by Crippen LogP contribution is -2.29. The number of nitro benzene ring substituents is 1. The van der Waals surface area contributed by atoms with Crippen LogP contribution in [0, 0.1) is 10.1 Å². The second-order valence-corrected chi connectivity index (χ2v) is 7.15. The van der Waals surface area contributed by atoms with Gasteiger partial charge in [-0.15, -0.1) is 0 Å². The summed E-state index contributed by atoms with van der Waals surface area (Å²) >= 11 is 0. The van der Waals surface area contributed by atoms with E-state index in [0.717, 1.165) is 17.0 Å². The van der Waals surface area contributed by atoms with E-state index in [1.807, 2.05) is 36.4 Å². The zero-order chi connectivity index (χ0) is 22.8. The van der Waals surface area contributed by atoms with E-state index in [1.165, 1.54) is 13.2 Å². The van der Waals surface area contributed by atoms with Gasteiger partial charge >= 0.3 is 5.69 Å². The number of nitrogens with zero attached hydrogens (tertiary/aromatic N) is 4. The number of hydrogen-bond acceptors (Lipinski definition) is 8. The molecular weight excluding hydrogens is 408 g/mol. The second kappa shape index (κ2) is 11.4. The third kappa shape index (κ3) is 6.78. The van der Waals surface area contributed by atoms with E-state index in [0.29, 0.717) is 31.9 Å². The Bertz CT molecular complexity index is 1000. The molecule has 0 saturated heterocycles. The molecule has 3 rings (SSSR count). The molecule has 1 aromatic carbocycles. The summed E-state index contributed by atoms with van der Waals surface area (Å²) in [5.74, 6) is 0.230. The van der Waals surface area contributed by atoms with Crippen LogP contribution in [-0.4, -0.2) is 33.4 Å². The predicted molar refractivity (Wildman–Crippen MR) is 121 cm³/mol. The summed E-state index contributed by atoms with van der Waals surface area (Å²) in [4.78, 5) is 21.7. The van der Waals surface area contributed by atoms with Crippen molar-refractivity contribution in [2.75, 3.05) is 13.7 Å². The Balaban J connectivity index is 1.64. The fraction of sp³-hybridized carbons (Fsp3) is 0.217. The van der Waals surface area contributed by atoms with Crippen molar-refractivity contribution in [2.24, 2.45) is 5.73 Å². The maximum atomic E-state index is 11.2. The average Bonchev–Trinajstić information content (AvgIpc) is 2.80. The van der Waals surface area contributed by atoms with E-state index in [1.54, 1.807) is 30.7 Å².